The Bertz CT molecular complexity index is 240. The van der Waals surface area contributed by atoms with Crippen molar-refractivity contribution < 1.29 is 8.78 Å². The van der Waals surface area contributed by atoms with Gasteiger partial charge in [0.25, 0.3) is 5.92 Å². The summed E-state index contributed by atoms with van der Waals surface area (Å²) in [6, 6.07) is 0.472. The Hall–Kier alpha value is -0.180. The molecule has 0 saturated heterocycles. The summed E-state index contributed by atoms with van der Waals surface area (Å²) in [4.78, 5) is 0. The standard InChI is InChI=1S/C13H23F2N/c1-9(2)8-16-10-4-3-5-11-12(7-6-10)13(11,14)15/h9-12,16H,3-8H2,1-2H3. The molecule has 3 heteroatoms. The molecule has 0 aromatic carbocycles. The molecule has 0 aromatic rings. The van der Waals surface area contributed by atoms with Crippen molar-refractivity contribution >= 4 is 0 Å². The SMILES string of the molecule is CC(C)CNC1CCCC2C(CC1)C2(F)F. The van der Waals surface area contributed by atoms with Crippen LogP contribution >= 0.6 is 0 Å². The molecule has 2 rings (SSSR count). The molecule has 0 heterocycles. The maximum Gasteiger partial charge on any atom is 0.254 e. The molecule has 1 N–H and O–H groups in total. The molecule has 2 saturated carbocycles. The summed E-state index contributed by atoms with van der Waals surface area (Å²) in [6.07, 6.45) is 4.42. The number of nitrogens with one attached hydrogen (secondary N) is 1. The van der Waals surface area contributed by atoms with E-state index in [4.69, 9.17) is 0 Å². The van der Waals surface area contributed by atoms with Crippen LogP contribution in [0, 0.1) is 17.8 Å². The van der Waals surface area contributed by atoms with Gasteiger partial charge in [-0.2, -0.15) is 0 Å². The number of alkyl halides is 2. The van der Waals surface area contributed by atoms with Gasteiger partial charge in [-0.3, -0.25) is 0 Å². The maximum absolute atomic E-state index is 13.3. The van der Waals surface area contributed by atoms with E-state index in [1.54, 1.807) is 0 Å². The third-order valence-electron chi connectivity index (χ3n) is 4.07. The molecule has 3 atom stereocenters. The average Bonchev–Trinajstić information content (AvgIpc) is 2.63. The Morgan fingerprint density at radius 2 is 1.81 bits per heavy atom. The monoisotopic (exact) mass is 231 g/mol. The zero-order chi connectivity index (χ0) is 11.8. The van der Waals surface area contributed by atoms with Crippen LogP contribution in [0.25, 0.3) is 0 Å². The Kier molecular flexibility index (Phi) is 3.53. The fourth-order valence-corrected chi connectivity index (χ4v) is 2.96. The van der Waals surface area contributed by atoms with Gasteiger partial charge in [-0.15, -0.1) is 0 Å². The fraction of sp³-hybridized carbons (Fsp3) is 1.00. The van der Waals surface area contributed by atoms with E-state index in [1.165, 1.54) is 0 Å². The Morgan fingerprint density at radius 3 is 2.50 bits per heavy atom. The van der Waals surface area contributed by atoms with Gasteiger partial charge in [-0.1, -0.05) is 20.3 Å². The normalized spacial score (nSPS) is 37.7. The van der Waals surface area contributed by atoms with Crippen LogP contribution in [0.15, 0.2) is 0 Å². The summed E-state index contributed by atoms with van der Waals surface area (Å²) in [5, 5.41) is 3.51. The molecule has 2 aliphatic carbocycles. The van der Waals surface area contributed by atoms with Crippen LogP contribution < -0.4 is 5.32 Å². The predicted octanol–water partition coefficient (Wildman–Crippen LogP) is 3.45. The lowest BCUT2D eigenvalue weighted by molar-refractivity contribution is 0.0817. The Morgan fingerprint density at radius 1 is 1.12 bits per heavy atom. The molecular weight excluding hydrogens is 208 g/mol. The fourth-order valence-electron chi connectivity index (χ4n) is 2.96. The molecule has 1 nitrogen and oxygen atoms in total. The first kappa shape index (κ1) is 12.3. The van der Waals surface area contributed by atoms with E-state index in [-0.39, 0.29) is 11.8 Å². The molecule has 0 aliphatic heterocycles. The summed E-state index contributed by atoms with van der Waals surface area (Å²) in [5.41, 5.74) is 0. The van der Waals surface area contributed by atoms with Crippen molar-refractivity contribution in [1.82, 2.24) is 5.32 Å². The van der Waals surface area contributed by atoms with Crippen LogP contribution in [-0.2, 0) is 0 Å². The van der Waals surface area contributed by atoms with E-state index in [1.807, 2.05) is 0 Å². The van der Waals surface area contributed by atoms with Gasteiger partial charge in [0.15, 0.2) is 0 Å². The van der Waals surface area contributed by atoms with Crippen LogP contribution in [0.3, 0.4) is 0 Å². The van der Waals surface area contributed by atoms with E-state index in [2.05, 4.69) is 19.2 Å². The first-order chi connectivity index (χ1) is 7.51. The highest BCUT2D eigenvalue weighted by Crippen LogP contribution is 2.60. The Labute approximate surface area is 97.0 Å². The zero-order valence-corrected chi connectivity index (χ0v) is 10.3. The molecule has 16 heavy (non-hydrogen) atoms. The summed E-state index contributed by atoms with van der Waals surface area (Å²) in [7, 11) is 0. The summed E-state index contributed by atoms with van der Waals surface area (Å²) in [5.74, 6) is -2.26. The number of halogens is 2. The van der Waals surface area contributed by atoms with Gasteiger partial charge < -0.3 is 5.32 Å². The van der Waals surface area contributed by atoms with E-state index in [0.717, 1.165) is 32.2 Å². The molecule has 94 valence electrons. The van der Waals surface area contributed by atoms with Crippen molar-refractivity contribution in [2.75, 3.05) is 6.54 Å². The number of hydrogen-bond acceptors (Lipinski definition) is 1. The minimum absolute atomic E-state index is 0.279. The minimum Gasteiger partial charge on any atom is -0.314 e. The lowest BCUT2D eigenvalue weighted by Crippen LogP contribution is -2.32. The second kappa shape index (κ2) is 4.59. The largest absolute Gasteiger partial charge is 0.314 e. The van der Waals surface area contributed by atoms with Crippen LogP contribution in [0.2, 0.25) is 0 Å². The summed E-state index contributed by atoms with van der Waals surface area (Å²) in [6.45, 7) is 5.37. The highest BCUT2D eigenvalue weighted by molar-refractivity contribution is 5.05. The van der Waals surface area contributed by atoms with Gasteiger partial charge in [0.1, 0.15) is 0 Å². The molecule has 0 aromatic heterocycles. The van der Waals surface area contributed by atoms with Gasteiger partial charge in [-0.05, 0) is 38.1 Å². The van der Waals surface area contributed by atoms with Gasteiger partial charge in [0, 0.05) is 17.9 Å². The van der Waals surface area contributed by atoms with Crippen molar-refractivity contribution in [3.05, 3.63) is 0 Å². The van der Waals surface area contributed by atoms with Crippen LogP contribution in [0.5, 0.6) is 0 Å². The quantitative estimate of drug-likeness (QED) is 0.784. The minimum atomic E-state index is -2.33. The number of hydrogen-bond donors (Lipinski definition) is 1. The third-order valence-corrected chi connectivity index (χ3v) is 4.07. The van der Waals surface area contributed by atoms with E-state index < -0.39 is 5.92 Å². The molecule has 0 amide bonds. The topological polar surface area (TPSA) is 12.0 Å². The first-order valence-electron chi connectivity index (χ1n) is 6.63. The molecule has 0 radical (unpaired) electrons. The molecule has 0 spiro atoms. The number of rotatable bonds is 3. The van der Waals surface area contributed by atoms with Crippen molar-refractivity contribution in [1.29, 1.82) is 0 Å². The second-order valence-corrected chi connectivity index (χ2v) is 5.89. The van der Waals surface area contributed by atoms with Crippen LogP contribution in [0.1, 0.15) is 46.0 Å². The van der Waals surface area contributed by atoms with Crippen molar-refractivity contribution in [2.24, 2.45) is 17.8 Å². The lowest BCUT2D eigenvalue weighted by atomic mass is 9.96. The molecule has 0 bridgehead atoms. The smallest absolute Gasteiger partial charge is 0.254 e. The van der Waals surface area contributed by atoms with E-state index >= 15 is 0 Å². The molecule has 2 aliphatic rings. The molecular formula is C13H23F2N. The highest BCUT2D eigenvalue weighted by atomic mass is 19.3. The number of fused-ring (bicyclic) bond motifs is 1. The van der Waals surface area contributed by atoms with Crippen molar-refractivity contribution in [2.45, 2.75) is 57.9 Å². The molecule has 2 fully saturated rings. The third kappa shape index (κ3) is 2.55. The predicted molar refractivity (Wildman–Crippen MR) is 61.6 cm³/mol. The van der Waals surface area contributed by atoms with Gasteiger partial charge >= 0.3 is 0 Å². The molecule has 3 unspecified atom stereocenters. The van der Waals surface area contributed by atoms with Crippen LogP contribution in [-0.4, -0.2) is 18.5 Å². The highest BCUT2D eigenvalue weighted by Gasteiger charge is 2.66. The summed E-state index contributed by atoms with van der Waals surface area (Å²) < 4.78 is 26.6. The second-order valence-electron chi connectivity index (χ2n) is 5.89. The van der Waals surface area contributed by atoms with Gasteiger partial charge in [0.2, 0.25) is 0 Å². The summed E-state index contributed by atoms with van der Waals surface area (Å²) >= 11 is 0. The van der Waals surface area contributed by atoms with Gasteiger partial charge in [-0.25, -0.2) is 8.78 Å². The van der Waals surface area contributed by atoms with E-state index in [0.29, 0.717) is 18.4 Å². The van der Waals surface area contributed by atoms with Gasteiger partial charge in [0.05, 0.1) is 0 Å². The lowest BCUT2D eigenvalue weighted by Gasteiger charge is -2.21. The zero-order valence-electron chi connectivity index (χ0n) is 10.3. The Balaban J connectivity index is 1.78. The van der Waals surface area contributed by atoms with Crippen molar-refractivity contribution in [3.63, 3.8) is 0 Å². The van der Waals surface area contributed by atoms with Crippen LogP contribution in [0.4, 0.5) is 8.78 Å². The van der Waals surface area contributed by atoms with Crippen molar-refractivity contribution in [3.8, 4) is 0 Å². The van der Waals surface area contributed by atoms with E-state index in [9.17, 15) is 8.78 Å². The maximum atomic E-state index is 13.3. The average molecular weight is 231 g/mol. The first-order valence-corrected chi connectivity index (χ1v) is 6.63.